The van der Waals surface area contributed by atoms with E-state index in [-0.39, 0.29) is 53.8 Å². The molecule has 6 atom stereocenters. The Labute approximate surface area is 217 Å². The number of likely N-dealkylation sites (N-methyl/N-ethyl adjacent to an activating group) is 1. The number of nitrogens with two attached hydrogens (primary N) is 1. The number of benzene rings is 1. The van der Waals surface area contributed by atoms with Crippen molar-refractivity contribution < 1.29 is 39.2 Å². The third kappa shape index (κ3) is 2.89. The van der Waals surface area contributed by atoms with Crippen LogP contribution in [0.2, 0.25) is 0 Å². The molecule has 0 aromatic heterocycles. The molecule has 0 saturated carbocycles. The Morgan fingerprint density at radius 2 is 1.92 bits per heavy atom. The van der Waals surface area contributed by atoms with E-state index < -0.39 is 63.9 Å². The van der Waals surface area contributed by atoms with Crippen LogP contribution in [0.3, 0.4) is 0 Å². The normalized spacial score (nSPS) is 34.2. The number of halogens is 1. The number of fused-ring (bicyclic) bond motifs is 6. The van der Waals surface area contributed by atoms with Gasteiger partial charge in [-0.25, -0.2) is 4.39 Å². The zero-order chi connectivity index (χ0) is 27.4. The van der Waals surface area contributed by atoms with Gasteiger partial charge in [0.25, 0.3) is 5.91 Å². The lowest BCUT2D eigenvalue weighted by molar-refractivity contribution is -0.146. The lowest BCUT2D eigenvalue weighted by atomic mass is 9.58. The van der Waals surface area contributed by atoms with Crippen molar-refractivity contribution in [3.8, 4) is 5.75 Å². The first-order valence-electron chi connectivity index (χ1n) is 12.9. The number of likely N-dealkylation sites (tertiary alicyclic amines) is 1. The van der Waals surface area contributed by atoms with Crippen molar-refractivity contribution in [1.82, 2.24) is 10.2 Å². The molecule has 0 spiro atoms. The number of nitrogens with one attached hydrogen (secondary N) is 1. The van der Waals surface area contributed by atoms with Crippen LogP contribution in [0.1, 0.15) is 52.9 Å². The Balaban J connectivity index is 1.53. The summed E-state index contributed by atoms with van der Waals surface area (Å²) in [4.78, 5) is 41.2. The largest absolute Gasteiger partial charge is 0.510 e. The van der Waals surface area contributed by atoms with E-state index in [0.29, 0.717) is 17.5 Å². The number of aromatic hydroxyl groups is 1. The van der Waals surface area contributed by atoms with Gasteiger partial charge < -0.3 is 31.5 Å². The molecule has 1 aromatic rings. The molecule has 1 fully saturated rings. The first-order valence-corrected chi connectivity index (χ1v) is 12.9. The maximum absolute atomic E-state index is 16.2. The highest BCUT2D eigenvalue weighted by Gasteiger charge is 2.63. The molecule has 4 aliphatic carbocycles. The zero-order valence-corrected chi connectivity index (χ0v) is 21.0. The van der Waals surface area contributed by atoms with Crippen LogP contribution in [0.4, 0.5) is 4.39 Å². The van der Waals surface area contributed by atoms with Gasteiger partial charge in [0.2, 0.25) is 5.78 Å². The minimum Gasteiger partial charge on any atom is -0.510 e. The van der Waals surface area contributed by atoms with E-state index in [2.05, 4.69) is 5.32 Å². The molecular weight excluding hydrogens is 497 g/mol. The molecule has 1 aliphatic heterocycles. The molecule has 11 heteroatoms. The van der Waals surface area contributed by atoms with Crippen LogP contribution in [0, 0.1) is 23.6 Å². The second kappa shape index (κ2) is 8.11. The third-order valence-corrected chi connectivity index (χ3v) is 9.41. The van der Waals surface area contributed by atoms with Gasteiger partial charge in [-0.2, -0.15) is 0 Å². The number of aliphatic hydroxyl groups excluding tert-OH is 2. The number of carbonyl (C=O) groups is 3. The number of ketones is 2. The van der Waals surface area contributed by atoms with Crippen molar-refractivity contribution in [3.05, 3.63) is 50.7 Å². The summed E-state index contributed by atoms with van der Waals surface area (Å²) in [7, 11) is 1.91. The average Bonchev–Trinajstić information content (AvgIpc) is 3.42. The number of phenols is 1. The summed E-state index contributed by atoms with van der Waals surface area (Å²) >= 11 is 0. The van der Waals surface area contributed by atoms with Gasteiger partial charge in [-0.3, -0.25) is 19.3 Å². The Kier molecular flexibility index (Phi) is 5.34. The summed E-state index contributed by atoms with van der Waals surface area (Å²) in [6.45, 7) is 2.79. The highest BCUT2D eigenvalue weighted by atomic mass is 19.1. The molecule has 1 amide bonds. The summed E-state index contributed by atoms with van der Waals surface area (Å²) in [5.74, 6) is -7.76. The van der Waals surface area contributed by atoms with Crippen molar-refractivity contribution in [2.75, 3.05) is 20.1 Å². The summed E-state index contributed by atoms with van der Waals surface area (Å²) in [5, 5.41) is 47.9. The van der Waals surface area contributed by atoms with Crippen molar-refractivity contribution in [2.45, 2.75) is 50.3 Å². The molecule has 0 bridgehead atoms. The van der Waals surface area contributed by atoms with Crippen LogP contribution < -0.4 is 11.1 Å². The monoisotopic (exact) mass is 527 g/mol. The van der Waals surface area contributed by atoms with E-state index in [1.165, 1.54) is 0 Å². The molecule has 10 nitrogen and oxygen atoms in total. The number of amides is 1. The summed E-state index contributed by atoms with van der Waals surface area (Å²) < 4.78 is 16.2. The molecule has 0 radical (unpaired) electrons. The van der Waals surface area contributed by atoms with Gasteiger partial charge in [0.1, 0.15) is 28.7 Å². The Morgan fingerprint density at radius 3 is 2.58 bits per heavy atom. The summed E-state index contributed by atoms with van der Waals surface area (Å²) in [6, 6.07) is -1.32. The Bertz CT molecular complexity index is 1400. The SMILES string of the molecule is CCN[C@@H]1C(O)=C(C(N)=O)C(=O)[C@@]2(O)C(O)=C3C(=O)c4c(O)c5c(c(F)c4C[C@H]3C[C@@H]12)C1[C@H](CCN1C)C5. The molecule has 5 aliphatic rings. The molecule has 38 heavy (non-hydrogen) atoms. The van der Waals surface area contributed by atoms with Crippen LogP contribution in [-0.2, 0) is 22.4 Å². The van der Waals surface area contributed by atoms with E-state index in [0.717, 1.165) is 13.0 Å². The second-order valence-electron chi connectivity index (χ2n) is 11.2. The molecule has 7 N–H and O–H groups in total. The number of rotatable bonds is 3. The van der Waals surface area contributed by atoms with Crippen LogP contribution >= 0.6 is 0 Å². The molecule has 1 saturated heterocycles. The van der Waals surface area contributed by atoms with Crippen LogP contribution in [0.15, 0.2) is 22.7 Å². The molecule has 1 heterocycles. The molecule has 6 rings (SSSR count). The summed E-state index contributed by atoms with van der Waals surface area (Å²) in [6.07, 6.45) is 1.12. The lowest BCUT2D eigenvalue weighted by Gasteiger charge is -2.48. The summed E-state index contributed by atoms with van der Waals surface area (Å²) in [5.41, 5.74) is 2.05. The van der Waals surface area contributed by atoms with Crippen LogP contribution in [0.5, 0.6) is 5.75 Å². The zero-order valence-electron chi connectivity index (χ0n) is 21.0. The minimum atomic E-state index is -2.72. The quantitative estimate of drug-likeness (QED) is 0.312. The van der Waals surface area contributed by atoms with Gasteiger partial charge >= 0.3 is 0 Å². The van der Waals surface area contributed by atoms with E-state index in [9.17, 15) is 34.8 Å². The van der Waals surface area contributed by atoms with Crippen molar-refractivity contribution in [3.63, 3.8) is 0 Å². The van der Waals surface area contributed by atoms with Gasteiger partial charge in [0, 0.05) is 34.2 Å². The number of primary amides is 1. The van der Waals surface area contributed by atoms with Crippen LogP contribution in [-0.4, -0.2) is 74.6 Å². The van der Waals surface area contributed by atoms with Crippen LogP contribution in [0.25, 0.3) is 0 Å². The molecule has 1 aromatic carbocycles. The molecular formula is C27H30FN3O7. The van der Waals surface area contributed by atoms with Gasteiger partial charge in [-0.1, -0.05) is 6.92 Å². The Morgan fingerprint density at radius 1 is 1.21 bits per heavy atom. The van der Waals surface area contributed by atoms with E-state index in [1.54, 1.807) is 6.92 Å². The maximum Gasteiger partial charge on any atom is 0.255 e. The van der Waals surface area contributed by atoms with Crippen molar-refractivity contribution >= 4 is 17.5 Å². The Hall–Kier alpha value is -3.28. The van der Waals surface area contributed by atoms with Crippen molar-refractivity contribution in [1.29, 1.82) is 0 Å². The number of allylic oxidation sites excluding steroid dienone is 1. The van der Waals surface area contributed by atoms with E-state index in [4.69, 9.17) is 5.73 Å². The topological polar surface area (TPSA) is 173 Å². The van der Waals surface area contributed by atoms with Gasteiger partial charge in [0.05, 0.1) is 11.6 Å². The maximum atomic E-state index is 16.2. The number of nitrogens with zero attached hydrogens (tertiary/aromatic N) is 1. The molecule has 1 unspecified atom stereocenters. The lowest BCUT2D eigenvalue weighted by Crippen LogP contribution is -2.64. The predicted octanol–water partition coefficient (Wildman–Crippen LogP) is 0.857. The highest BCUT2D eigenvalue weighted by Crippen LogP contribution is 2.56. The van der Waals surface area contributed by atoms with E-state index >= 15 is 4.39 Å². The second-order valence-corrected chi connectivity index (χ2v) is 11.2. The minimum absolute atomic E-state index is 0.0546. The standard InChI is InChI=1S/C27H30FN3O7/c1-3-30-19-13-8-10-7-11-16(21(32)12-6-9-4-5-31(2)20(9)15(12)18(11)28)22(33)14(10)24(35)27(13,38)25(36)17(23(19)34)26(29)37/h9-10,13,19-20,30,32,34-35,38H,3-8H2,1-2H3,(H2,29,37)/t9-,10+,13+,19+,20?,27+/m1/s1. The smallest absolute Gasteiger partial charge is 0.255 e. The average molecular weight is 528 g/mol. The number of carbonyl (C=O) groups excluding carboxylic acids is 3. The van der Waals surface area contributed by atoms with Crippen molar-refractivity contribution in [2.24, 2.45) is 23.5 Å². The fraction of sp³-hybridized carbons (Fsp3) is 0.519. The fourth-order valence-corrected chi connectivity index (χ4v) is 7.77. The number of hydrogen-bond acceptors (Lipinski definition) is 9. The first kappa shape index (κ1) is 25.0. The third-order valence-electron chi connectivity index (χ3n) is 9.41. The number of hydrogen-bond donors (Lipinski definition) is 6. The number of Topliss-reactive ketones (excluding diaryl/α,β-unsaturated/α-hetero) is 2. The molecule has 202 valence electrons. The number of phenolic OH excluding ortho intramolecular Hbond substituents is 1. The highest BCUT2D eigenvalue weighted by molar-refractivity contribution is 6.24. The van der Waals surface area contributed by atoms with Gasteiger partial charge in [-0.15, -0.1) is 0 Å². The van der Waals surface area contributed by atoms with Gasteiger partial charge in [0.15, 0.2) is 11.4 Å². The van der Waals surface area contributed by atoms with E-state index in [1.807, 2.05) is 11.9 Å². The van der Waals surface area contributed by atoms with Gasteiger partial charge in [-0.05, 0) is 57.7 Å². The predicted molar refractivity (Wildman–Crippen MR) is 131 cm³/mol. The first-order chi connectivity index (χ1) is 17.9. The number of aliphatic hydroxyl groups is 3. The fourth-order valence-electron chi connectivity index (χ4n) is 7.77.